The van der Waals surface area contributed by atoms with Gasteiger partial charge in [-0.05, 0) is 37.0 Å². The van der Waals surface area contributed by atoms with Crippen LogP contribution in [0.5, 0.6) is 0 Å². The van der Waals surface area contributed by atoms with Crippen LogP contribution in [0.15, 0.2) is 29.2 Å². The number of hydrogen-bond acceptors (Lipinski definition) is 3. The number of nitrogens with one attached hydrogen (secondary N) is 1. The van der Waals surface area contributed by atoms with Gasteiger partial charge in [-0.15, -0.1) is 11.6 Å². The lowest BCUT2D eigenvalue weighted by atomic mass is 9.96. The highest BCUT2D eigenvalue weighted by Gasteiger charge is 2.31. The zero-order valence-electron chi connectivity index (χ0n) is 11.9. The van der Waals surface area contributed by atoms with Crippen molar-refractivity contribution in [2.24, 2.45) is 0 Å². The van der Waals surface area contributed by atoms with Crippen molar-refractivity contribution in [1.29, 1.82) is 0 Å². The van der Waals surface area contributed by atoms with Crippen LogP contribution in [0.3, 0.4) is 0 Å². The van der Waals surface area contributed by atoms with Crippen molar-refractivity contribution < 1.29 is 13.5 Å². The van der Waals surface area contributed by atoms with Gasteiger partial charge in [0.25, 0.3) is 0 Å². The minimum absolute atomic E-state index is 0.204. The van der Waals surface area contributed by atoms with E-state index in [9.17, 15) is 13.5 Å². The standard InChI is InChI=1S/C14H22ClNO3S/c1-3-14(4-2,11-17)16-20(18,19)13-7-5-12(6-8-13)9-10-15/h5-8,16-17H,3-4,9-11H2,1-2H3. The van der Waals surface area contributed by atoms with Gasteiger partial charge in [-0.3, -0.25) is 0 Å². The van der Waals surface area contributed by atoms with Crippen LogP contribution in [0.2, 0.25) is 0 Å². The Morgan fingerprint density at radius 2 is 1.75 bits per heavy atom. The molecule has 114 valence electrons. The summed E-state index contributed by atoms with van der Waals surface area (Å²) in [5, 5.41) is 9.46. The maximum atomic E-state index is 12.3. The van der Waals surface area contributed by atoms with Gasteiger partial charge in [0, 0.05) is 5.88 Å². The van der Waals surface area contributed by atoms with Gasteiger partial charge in [0.15, 0.2) is 0 Å². The zero-order chi connectivity index (χ0) is 15.2. The molecule has 1 aromatic carbocycles. The number of benzene rings is 1. The highest BCUT2D eigenvalue weighted by molar-refractivity contribution is 7.89. The van der Waals surface area contributed by atoms with E-state index in [-0.39, 0.29) is 11.5 Å². The summed E-state index contributed by atoms with van der Waals surface area (Å²) in [5.41, 5.74) is 0.201. The lowest BCUT2D eigenvalue weighted by Crippen LogP contribution is -2.50. The second kappa shape index (κ2) is 7.41. The Kier molecular flexibility index (Phi) is 6.45. The number of aliphatic hydroxyl groups is 1. The first kappa shape index (κ1) is 17.4. The van der Waals surface area contributed by atoms with Crippen molar-refractivity contribution in [1.82, 2.24) is 4.72 Å². The summed E-state index contributed by atoms with van der Waals surface area (Å²) in [5.74, 6) is 0.504. The summed E-state index contributed by atoms with van der Waals surface area (Å²) < 4.78 is 27.3. The number of aryl methyl sites for hydroxylation is 1. The molecule has 0 radical (unpaired) electrons. The molecule has 0 amide bonds. The normalized spacial score (nSPS) is 12.6. The molecule has 0 aliphatic carbocycles. The number of alkyl halides is 1. The maximum Gasteiger partial charge on any atom is 0.241 e. The molecule has 20 heavy (non-hydrogen) atoms. The number of rotatable bonds is 8. The number of hydrogen-bond donors (Lipinski definition) is 2. The summed E-state index contributed by atoms with van der Waals surface area (Å²) in [6.07, 6.45) is 1.77. The fraction of sp³-hybridized carbons (Fsp3) is 0.571. The van der Waals surface area contributed by atoms with E-state index in [1.165, 1.54) is 0 Å². The molecule has 0 heterocycles. The third kappa shape index (κ3) is 4.19. The van der Waals surface area contributed by atoms with Crippen LogP contribution in [0.1, 0.15) is 32.3 Å². The molecule has 1 rings (SSSR count). The van der Waals surface area contributed by atoms with E-state index in [1.807, 2.05) is 13.8 Å². The summed E-state index contributed by atoms with van der Waals surface area (Å²) in [7, 11) is -3.63. The lowest BCUT2D eigenvalue weighted by molar-refractivity contribution is 0.172. The van der Waals surface area contributed by atoms with Crippen LogP contribution in [-0.4, -0.2) is 31.6 Å². The summed E-state index contributed by atoms with van der Waals surface area (Å²) in [4.78, 5) is 0.204. The molecule has 0 saturated carbocycles. The quantitative estimate of drug-likeness (QED) is 0.723. The summed E-state index contributed by atoms with van der Waals surface area (Å²) in [6, 6.07) is 6.65. The number of sulfonamides is 1. The van der Waals surface area contributed by atoms with Crippen LogP contribution in [0, 0.1) is 0 Å². The van der Waals surface area contributed by atoms with Crippen molar-refractivity contribution in [3.05, 3.63) is 29.8 Å². The van der Waals surface area contributed by atoms with E-state index in [4.69, 9.17) is 11.6 Å². The van der Waals surface area contributed by atoms with Crippen LogP contribution in [0.25, 0.3) is 0 Å². The van der Waals surface area contributed by atoms with E-state index in [0.717, 1.165) is 5.56 Å². The van der Waals surface area contributed by atoms with E-state index < -0.39 is 15.6 Å². The third-order valence-corrected chi connectivity index (χ3v) is 5.41. The first-order valence-electron chi connectivity index (χ1n) is 6.72. The molecule has 0 aromatic heterocycles. The number of aliphatic hydroxyl groups excluding tert-OH is 1. The molecule has 0 atom stereocenters. The van der Waals surface area contributed by atoms with Gasteiger partial charge in [-0.25, -0.2) is 13.1 Å². The highest BCUT2D eigenvalue weighted by Crippen LogP contribution is 2.19. The molecule has 2 N–H and O–H groups in total. The topological polar surface area (TPSA) is 66.4 Å². The smallest absolute Gasteiger partial charge is 0.241 e. The van der Waals surface area contributed by atoms with Gasteiger partial charge >= 0.3 is 0 Å². The Bertz CT molecular complexity index is 501. The fourth-order valence-corrected chi connectivity index (χ4v) is 3.69. The highest BCUT2D eigenvalue weighted by atomic mass is 35.5. The van der Waals surface area contributed by atoms with Crippen LogP contribution in [0.4, 0.5) is 0 Å². The van der Waals surface area contributed by atoms with Crippen molar-refractivity contribution >= 4 is 21.6 Å². The first-order valence-corrected chi connectivity index (χ1v) is 8.74. The fourth-order valence-electron chi connectivity index (χ4n) is 1.94. The van der Waals surface area contributed by atoms with Gasteiger partial charge in [-0.2, -0.15) is 0 Å². The Morgan fingerprint density at radius 3 is 2.15 bits per heavy atom. The van der Waals surface area contributed by atoms with E-state index in [1.54, 1.807) is 24.3 Å². The van der Waals surface area contributed by atoms with E-state index in [0.29, 0.717) is 25.1 Å². The average molecular weight is 320 g/mol. The minimum atomic E-state index is -3.63. The molecule has 0 bridgehead atoms. The molecule has 0 spiro atoms. The summed E-state index contributed by atoms with van der Waals surface area (Å²) >= 11 is 5.65. The van der Waals surface area contributed by atoms with Crippen molar-refractivity contribution in [3.63, 3.8) is 0 Å². The third-order valence-electron chi connectivity index (χ3n) is 3.62. The summed E-state index contributed by atoms with van der Waals surface area (Å²) in [6.45, 7) is 3.49. The van der Waals surface area contributed by atoms with Crippen LogP contribution >= 0.6 is 11.6 Å². The molecule has 0 saturated heterocycles. The molecular weight excluding hydrogens is 298 g/mol. The Balaban J connectivity index is 2.98. The molecule has 0 aliphatic heterocycles. The lowest BCUT2D eigenvalue weighted by Gasteiger charge is -2.30. The van der Waals surface area contributed by atoms with Crippen molar-refractivity contribution in [2.45, 2.75) is 43.5 Å². The van der Waals surface area contributed by atoms with Gasteiger partial charge in [0.2, 0.25) is 10.0 Å². The van der Waals surface area contributed by atoms with Gasteiger partial charge in [-0.1, -0.05) is 26.0 Å². The largest absolute Gasteiger partial charge is 0.394 e. The predicted molar refractivity (Wildman–Crippen MR) is 81.6 cm³/mol. The molecule has 6 heteroatoms. The molecule has 1 aromatic rings. The Morgan fingerprint density at radius 1 is 1.20 bits per heavy atom. The van der Waals surface area contributed by atoms with Gasteiger partial charge in [0.1, 0.15) is 0 Å². The van der Waals surface area contributed by atoms with Crippen molar-refractivity contribution in [2.75, 3.05) is 12.5 Å². The SMILES string of the molecule is CCC(CC)(CO)NS(=O)(=O)c1ccc(CCCl)cc1. The molecule has 4 nitrogen and oxygen atoms in total. The monoisotopic (exact) mass is 319 g/mol. The van der Waals surface area contributed by atoms with Crippen molar-refractivity contribution in [3.8, 4) is 0 Å². The Labute approximate surface area is 126 Å². The molecular formula is C14H22ClNO3S. The van der Waals surface area contributed by atoms with E-state index >= 15 is 0 Å². The number of halogens is 1. The minimum Gasteiger partial charge on any atom is -0.394 e. The maximum absolute atomic E-state index is 12.3. The van der Waals surface area contributed by atoms with Gasteiger partial charge in [0.05, 0.1) is 17.0 Å². The zero-order valence-corrected chi connectivity index (χ0v) is 13.5. The van der Waals surface area contributed by atoms with Crippen LogP contribution in [-0.2, 0) is 16.4 Å². The molecule has 0 unspecified atom stereocenters. The molecule has 0 aliphatic rings. The Hall–Kier alpha value is -0.620. The van der Waals surface area contributed by atoms with E-state index in [2.05, 4.69) is 4.72 Å². The average Bonchev–Trinajstić information content (AvgIpc) is 2.46. The predicted octanol–water partition coefficient (Wildman–Crippen LogP) is 2.30. The second-order valence-electron chi connectivity index (χ2n) is 4.83. The van der Waals surface area contributed by atoms with Gasteiger partial charge < -0.3 is 5.11 Å². The molecule has 0 fully saturated rings. The second-order valence-corrected chi connectivity index (χ2v) is 6.89. The first-order chi connectivity index (χ1) is 9.43. The van der Waals surface area contributed by atoms with Crippen LogP contribution < -0.4 is 4.72 Å².